The van der Waals surface area contributed by atoms with Crippen molar-refractivity contribution in [3.8, 4) is 22.9 Å². The molecule has 0 radical (unpaired) electrons. The fraction of sp³-hybridized carbons (Fsp3) is 0.690. The van der Waals surface area contributed by atoms with Gasteiger partial charge in [0, 0.05) is 5.56 Å². The van der Waals surface area contributed by atoms with Crippen molar-refractivity contribution in [2.45, 2.75) is 117 Å². The molecule has 0 atom stereocenters. The van der Waals surface area contributed by atoms with E-state index in [9.17, 15) is 0 Å². The Kier molecular flexibility index (Phi) is 15.4. The Morgan fingerprint density at radius 3 is 1.50 bits per heavy atom. The van der Waals surface area contributed by atoms with E-state index in [2.05, 4.69) is 28.8 Å². The molecule has 0 amide bonds. The van der Waals surface area contributed by atoms with E-state index >= 15 is 0 Å². The average molecular weight is 500 g/mol. The summed E-state index contributed by atoms with van der Waals surface area (Å²) in [4.78, 5) is 12.3. The molecule has 1 aromatic heterocycles. The lowest BCUT2D eigenvalue weighted by Gasteiger charge is -2.14. The molecule has 0 fully saturated rings. The van der Waals surface area contributed by atoms with Crippen LogP contribution in [-0.4, -0.2) is 28.2 Å². The second-order valence-corrected chi connectivity index (χ2v) is 9.68. The fourth-order valence-electron chi connectivity index (χ4n) is 4.25. The maximum Gasteiger partial charge on any atom is 0.225 e. The van der Waals surface area contributed by atoms with Crippen molar-refractivity contribution in [1.82, 2.24) is 15.0 Å². The molecule has 0 aliphatic carbocycles. The van der Waals surface area contributed by atoms with E-state index < -0.39 is 0 Å². The molecule has 2 rings (SSSR count). The van der Waals surface area contributed by atoms with Crippen LogP contribution >= 0.6 is 0 Å². The Bertz CT molecular complexity index is 826. The Hall–Kier alpha value is -2.57. The molecule has 202 valence electrons. The lowest BCUT2D eigenvalue weighted by molar-refractivity contribution is 0.258. The van der Waals surface area contributed by atoms with Crippen molar-refractivity contribution < 1.29 is 9.47 Å². The maximum absolute atomic E-state index is 6.18. The minimum absolute atomic E-state index is 0.105. The predicted octanol–water partition coefficient (Wildman–Crippen LogP) is 7.74. The van der Waals surface area contributed by atoms with Gasteiger partial charge in [0.1, 0.15) is 0 Å². The summed E-state index contributed by atoms with van der Waals surface area (Å²) in [6, 6.07) is 5.77. The third-order valence-corrected chi connectivity index (χ3v) is 6.38. The first-order valence-electron chi connectivity index (χ1n) is 14.3. The number of nitrogens with two attached hydrogens (primary N) is 2. The van der Waals surface area contributed by atoms with Crippen molar-refractivity contribution in [2.24, 2.45) is 0 Å². The van der Waals surface area contributed by atoms with Gasteiger partial charge in [-0.05, 0) is 31.0 Å². The smallest absolute Gasteiger partial charge is 0.225 e. The Morgan fingerprint density at radius 1 is 0.556 bits per heavy atom. The SMILES string of the molecule is CCCCCCCCCCOc1ccc(-c2nc(N)nc(N)n2)cc1OCCCCCCCCCC. The van der Waals surface area contributed by atoms with Crippen molar-refractivity contribution in [3.63, 3.8) is 0 Å². The van der Waals surface area contributed by atoms with Crippen molar-refractivity contribution in [1.29, 1.82) is 0 Å². The predicted molar refractivity (Wildman–Crippen MR) is 150 cm³/mol. The number of unbranched alkanes of at least 4 members (excludes halogenated alkanes) is 14. The van der Waals surface area contributed by atoms with E-state index in [1.165, 1.54) is 89.9 Å². The molecule has 0 aliphatic rings. The number of ether oxygens (including phenoxy) is 2. The molecule has 0 saturated heterocycles. The van der Waals surface area contributed by atoms with Crippen LogP contribution in [-0.2, 0) is 0 Å². The van der Waals surface area contributed by atoms with Gasteiger partial charge in [-0.2, -0.15) is 15.0 Å². The van der Waals surface area contributed by atoms with E-state index in [1.807, 2.05) is 18.2 Å². The molecule has 0 saturated carbocycles. The largest absolute Gasteiger partial charge is 0.490 e. The summed E-state index contributed by atoms with van der Waals surface area (Å²) in [5, 5.41) is 0. The van der Waals surface area contributed by atoms with Crippen molar-refractivity contribution >= 4 is 11.9 Å². The Labute approximate surface area is 218 Å². The number of anilines is 2. The number of benzene rings is 1. The summed E-state index contributed by atoms with van der Waals surface area (Å²) >= 11 is 0. The normalized spacial score (nSPS) is 11.1. The highest BCUT2D eigenvalue weighted by Crippen LogP contribution is 2.32. The van der Waals surface area contributed by atoms with Crippen LogP contribution in [0.4, 0.5) is 11.9 Å². The molecule has 4 N–H and O–H groups in total. The van der Waals surface area contributed by atoms with E-state index in [0.717, 1.165) is 24.2 Å². The van der Waals surface area contributed by atoms with E-state index in [1.54, 1.807) is 0 Å². The first-order chi connectivity index (χ1) is 17.6. The van der Waals surface area contributed by atoms with Crippen LogP contribution in [0.3, 0.4) is 0 Å². The van der Waals surface area contributed by atoms with Gasteiger partial charge in [-0.3, -0.25) is 0 Å². The molecule has 0 unspecified atom stereocenters. The van der Waals surface area contributed by atoms with Crippen molar-refractivity contribution in [2.75, 3.05) is 24.7 Å². The standard InChI is InChI=1S/C29H49N5O2/c1-3-5-7-9-11-13-15-17-21-35-25-20-19-24(27-32-28(30)34-29(31)33-27)23-26(25)36-22-18-16-14-12-10-8-6-4-2/h19-20,23H,3-18,21-22H2,1-2H3,(H4,30,31,32,33,34). The van der Waals surface area contributed by atoms with Gasteiger partial charge in [0.2, 0.25) is 11.9 Å². The van der Waals surface area contributed by atoms with Gasteiger partial charge in [0.15, 0.2) is 17.3 Å². The quantitative estimate of drug-likeness (QED) is 0.169. The van der Waals surface area contributed by atoms with Gasteiger partial charge in [0.05, 0.1) is 13.2 Å². The third-order valence-electron chi connectivity index (χ3n) is 6.38. The molecule has 0 aliphatic heterocycles. The van der Waals surface area contributed by atoms with E-state index in [4.69, 9.17) is 20.9 Å². The summed E-state index contributed by atoms with van der Waals surface area (Å²) in [6.45, 7) is 5.86. The second-order valence-electron chi connectivity index (χ2n) is 9.68. The molecule has 2 aromatic rings. The van der Waals surface area contributed by atoms with Crippen LogP contribution in [0.15, 0.2) is 18.2 Å². The topological polar surface area (TPSA) is 109 Å². The highest BCUT2D eigenvalue weighted by Gasteiger charge is 2.12. The van der Waals surface area contributed by atoms with Gasteiger partial charge >= 0.3 is 0 Å². The zero-order valence-electron chi connectivity index (χ0n) is 22.8. The van der Waals surface area contributed by atoms with Crippen LogP contribution in [0.2, 0.25) is 0 Å². The molecule has 1 aromatic carbocycles. The Balaban J connectivity index is 1.87. The molecule has 1 heterocycles. The van der Waals surface area contributed by atoms with Gasteiger partial charge in [-0.25, -0.2) is 0 Å². The Morgan fingerprint density at radius 2 is 1.00 bits per heavy atom. The van der Waals surface area contributed by atoms with Gasteiger partial charge in [-0.1, -0.05) is 104 Å². The highest BCUT2D eigenvalue weighted by molar-refractivity contribution is 5.62. The van der Waals surface area contributed by atoms with Crippen LogP contribution in [0.5, 0.6) is 11.5 Å². The molecule has 7 heteroatoms. The van der Waals surface area contributed by atoms with E-state index in [0.29, 0.717) is 24.8 Å². The number of hydrogen-bond acceptors (Lipinski definition) is 7. The van der Waals surface area contributed by atoms with Crippen molar-refractivity contribution in [3.05, 3.63) is 18.2 Å². The maximum atomic E-state index is 6.18. The summed E-state index contributed by atoms with van der Waals surface area (Å²) in [7, 11) is 0. The highest BCUT2D eigenvalue weighted by atomic mass is 16.5. The van der Waals surface area contributed by atoms with Gasteiger partial charge in [0.25, 0.3) is 0 Å². The van der Waals surface area contributed by atoms with Crippen LogP contribution < -0.4 is 20.9 Å². The summed E-state index contributed by atoms with van der Waals surface area (Å²) < 4.78 is 12.3. The minimum Gasteiger partial charge on any atom is -0.490 e. The molecular weight excluding hydrogens is 450 g/mol. The number of aromatic nitrogens is 3. The minimum atomic E-state index is 0.105. The average Bonchev–Trinajstić information content (AvgIpc) is 2.86. The molecule has 0 bridgehead atoms. The lowest BCUT2D eigenvalue weighted by atomic mass is 10.1. The number of nitrogen functional groups attached to an aromatic ring is 2. The van der Waals surface area contributed by atoms with Gasteiger partial charge in [-0.15, -0.1) is 0 Å². The lowest BCUT2D eigenvalue weighted by Crippen LogP contribution is -2.05. The number of rotatable bonds is 21. The molecule has 7 nitrogen and oxygen atoms in total. The number of nitrogens with zero attached hydrogens (tertiary/aromatic N) is 3. The second kappa shape index (κ2) is 18.7. The van der Waals surface area contributed by atoms with Crippen LogP contribution in [0.1, 0.15) is 117 Å². The monoisotopic (exact) mass is 499 g/mol. The first kappa shape index (κ1) is 29.7. The summed E-state index contributed by atoms with van der Waals surface area (Å²) in [6.07, 6.45) is 20.3. The van der Waals surface area contributed by atoms with Crippen LogP contribution in [0.25, 0.3) is 11.4 Å². The summed E-state index contributed by atoms with van der Waals surface area (Å²) in [5.74, 6) is 2.12. The first-order valence-corrected chi connectivity index (χ1v) is 14.3. The zero-order valence-corrected chi connectivity index (χ0v) is 22.8. The molecular formula is C29H49N5O2. The zero-order chi connectivity index (χ0) is 25.8. The molecule has 0 spiro atoms. The number of hydrogen-bond donors (Lipinski definition) is 2. The fourth-order valence-corrected chi connectivity index (χ4v) is 4.25. The van der Waals surface area contributed by atoms with Gasteiger partial charge < -0.3 is 20.9 Å². The molecule has 36 heavy (non-hydrogen) atoms. The summed E-state index contributed by atoms with van der Waals surface area (Å²) in [5.41, 5.74) is 12.3. The third kappa shape index (κ3) is 12.4. The van der Waals surface area contributed by atoms with Crippen LogP contribution in [0, 0.1) is 0 Å². The van der Waals surface area contributed by atoms with E-state index in [-0.39, 0.29) is 11.9 Å².